The second-order valence-electron chi connectivity index (χ2n) is 18.1. The maximum atomic E-state index is 12.8. The van der Waals surface area contributed by atoms with Crippen LogP contribution < -0.4 is 0 Å². The highest BCUT2D eigenvalue weighted by Crippen LogP contribution is 2.14. The van der Waals surface area contributed by atoms with Gasteiger partial charge in [-0.3, -0.25) is 14.4 Å². The van der Waals surface area contributed by atoms with Gasteiger partial charge in [0, 0.05) is 12.8 Å². The van der Waals surface area contributed by atoms with Gasteiger partial charge in [0.1, 0.15) is 13.2 Å². The second kappa shape index (κ2) is 54.9. The Morgan fingerprint density at radius 3 is 1.06 bits per heavy atom. The predicted octanol–water partition coefficient (Wildman–Crippen LogP) is 18.5. The Hall–Kier alpha value is -3.67. The highest BCUT2D eigenvalue weighted by atomic mass is 16.6. The van der Waals surface area contributed by atoms with Crippen molar-refractivity contribution in [3.8, 4) is 0 Å². The summed E-state index contributed by atoms with van der Waals surface area (Å²) in [7, 11) is 0. The van der Waals surface area contributed by atoms with Gasteiger partial charge in [-0.1, -0.05) is 234 Å². The summed E-state index contributed by atoms with van der Waals surface area (Å²) in [4.78, 5) is 38.0. The van der Waals surface area contributed by atoms with Crippen LogP contribution in [0.25, 0.3) is 0 Å². The van der Waals surface area contributed by atoms with Crippen molar-refractivity contribution in [1.82, 2.24) is 0 Å². The molecule has 1 unspecified atom stereocenters. The van der Waals surface area contributed by atoms with Crippen LogP contribution in [0.2, 0.25) is 0 Å². The second-order valence-corrected chi connectivity index (χ2v) is 18.1. The lowest BCUT2D eigenvalue weighted by molar-refractivity contribution is -0.166. The van der Waals surface area contributed by atoms with Crippen LogP contribution in [0.5, 0.6) is 0 Å². The lowest BCUT2D eigenvalue weighted by Gasteiger charge is -2.18. The maximum Gasteiger partial charge on any atom is 0.310 e. The van der Waals surface area contributed by atoms with E-state index in [1.54, 1.807) is 6.08 Å². The quantitative estimate of drug-likeness (QED) is 0.0262. The molecule has 0 aromatic heterocycles. The molecule has 0 aliphatic carbocycles. The van der Waals surface area contributed by atoms with Crippen molar-refractivity contribution < 1.29 is 28.6 Å². The normalized spacial score (nSPS) is 12.8. The number of carbonyl (C=O) groups excluding carboxylic acids is 3. The first kappa shape index (κ1) is 63.3. The summed E-state index contributed by atoms with van der Waals surface area (Å²) >= 11 is 0. The van der Waals surface area contributed by atoms with E-state index in [1.165, 1.54) is 109 Å². The molecule has 6 heteroatoms. The molecule has 0 N–H and O–H groups in total. The van der Waals surface area contributed by atoms with Crippen LogP contribution >= 0.6 is 0 Å². The first-order valence-corrected chi connectivity index (χ1v) is 27.7. The molecule has 0 aliphatic rings. The van der Waals surface area contributed by atoms with Crippen LogP contribution in [-0.4, -0.2) is 37.2 Å². The van der Waals surface area contributed by atoms with Crippen molar-refractivity contribution in [1.29, 1.82) is 0 Å². The van der Waals surface area contributed by atoms with Crippen molar-refractivity contribution in [2.24, 2.45) is 0 Å². The third-order valence-electron chi connectivity index (χ3n) is 11.6. The molecule has 6 nitrogen and oxygen atoms in total. The minimum atomic E-state index is -0.839. The van der Waals surface area contributed by atoms with Crippen LogP contribution in [0.3, 0.4) is 0 Å². The molecule has 0 rings (SSSR count). The SMILES string of the molecule is CC/C=C\C/C=C\C/C=C\C/C=C\C/C=C\CC(=O)OC(COC(=O)CCCCCCC/C=C\C/C=C\CCC)COC(=O)CCCCCCCCCCC/C=C\CCCCCCCCCC. The zero-order chi connectivity index (χ0) is 48.6. The van der Waals surface area contributed by atoms with Crippen LogP contribution in [0.1, 0.15) is 252 Å². The van der Waals surface area contributed by atoms with Gasteiger partial charge in [0.05, 0.1) is 6.42 Å². The van der Waals surface area contributed by atoms with Gasteiger partial charge in [-0.05, 0) is 96.3 Å². The Morgan fingerprint density at radius 1 is 0.328 bits per heavy atom. The smallest absolute Gasteiger partial charge is 0.310 e. The standard InChI is InChI=1S/C61H102O6/c1-4-7-10-13-16-19-22-25-27-28-29-30-31-32-34-36-39-42-45-48-51-54-60(63)66-57-58(56-65-59(62)53-50-47-44-41-38-35-24-21-18-15-12-9-6-3)67-61(64)55-52-49-46-43-40-37-33-26-23-20-17-14-11-8-5-2/h8,11-12,15,17,20-21,24,26,28-29,33,40,43,49,52,58H,4-7,9-10,13-14,16,18-19,22-23,25,27,30-32,34-39,41-42,44-48,50-51,53-57H2,1-3H3/b11-8-,15-12-,20-17-,24-21-,29-28-,33-26-,43-40-,52-49-. The van der Waals surface area contributed by atoms with E-state index in [2.05, 4.69) is 106 Å². The molecular weight excluding hydrogens is 829 g/mol. The average molecular weight is 931 g/mol. The van der Waals surface area contributed by atoms with Crippen molar-refractivity contribution in [3.63, 3.8) is 0 Å². The van der Waals surface area contributed by atoms with E-state index in [4.69, 9.17) is 14.2 Å². The van der Waals surface area contributed by atoms with Crippen molar-refractivity contribution >= 4 is 17.9 Å². The number of carbonyl (C=O) groups is 3. The third kappa shape index (κ3) is 53.2. The van der Waals surface area contributed by atoms with Crippen LogP contribution in [0.4, 0.5) is 0 Å². The van der Waals surface area contributed by atoms with E-state index in [9.17, 15) is 14.4 Å². The maximum absolute atomic E-state index is 12.8. The largest absolute Gasteiger partial charge is 0.462 e. The molecule has 0 heterocycles. The van der Waals surface area contributed by atoms with E-state index < -0.39 is 12.1 Å². The zero-order valence-corrected chi connectivity index (χ0v) is 43.6. The minimum Gasteiger partial charge on any atom is -0.462 e. The van der Waals surface area contributed by atoms with Gasteiger partial charge in [-0.15, -0.1) is 0 Å². The van der Waals surface area contributed by atoms with Gasteiger partial charge in [-0.2, -0.15) is 0 Å². The van der Waals surface area contributed by atoms with Gasteiger partial charge < -0.3 is 14.2 Å². The molecule has 0 bridgehead atoms. The minimum absolute atomic E-state index is 0.0918. The lowest BCUT2D eigenvalue weighted by Crippen LogP contribution is -2.30. The first-order valence-electron chi connectivity index (χ1n) is 27.7. The number of esters is 3. The molecular formula is C61H102O6. The van der Waals surface area contributed by atoms with Crippen molar-refractivity contribution in [3.05, 3.63) is 97.2 Å². The summed E-state index contributed by atoms with van der Waals surface area (Å²) in [5.41, 5.74) is 0. The fourth-order valence-corrected chi connectivity index (χ4v) is 7.43. The molecule has 67 heavy (non-hydrogen) atoms. The number of ether oxygens (including phenoxy) is 3. The van der Waals surface area contributed by atoms with E-state index in [0.717, 1.165) is 103 Å². The monoisotopic (exact) mass is 931 g/mol. The van der Waals surface area contributed by atoms with Crippen LogP contribution in [0, 0.1) is 0 Å². The first-order chi connectivity index (χ1) is 33.0. The number of hydrogen-bond acceptors (Lipinski definition) is 6. The molecule has 0 saturated heterocycles. The molecule has 1 atom stereocenters. The van der Waals surface area contributed by atoms with E-state index >= 15 is 0 Å². The molecule has 0 aromatic rings. The van der Waals surface area contributed by atoms with E-state index in [1.807, 2.05) is 6.08 Å². The topological polar surface area (TPSA) is 78.9 Å². The summed E-state index contributed by atoms with van der Waals surface area (Å²) in [5, 5.41) is 0. The predicted molar refractivity (Wildman–Crippen MR) is 288 cm³/mol. The van der Waals surface area contributed by atoms with Crippen molar-refractivity contribution in [2.45, 2.75) is 258 Å². The molecule has 0 spiro atoms. The number of hydrogen-bond donors (Lipinski definition) is 0. The fraction of sp³-hybridized carbons (Fsp3) is 0.689. The summed E-state index contributed by atoms with van der Waals surface area (Å²) < 4.78 is 16.7. The highest BCUT2D eigenvalue weighted by Gasteiger charge is 2.19. The van der Waals surface area contributed by atoms with Crippen LogP contribution in [-0.2, 0) is 28.6 Å². The van der Waals surface area contributed by atoms with Gasteiger partial charge in [0.15, 0.2) is 6.10 Å². The molecule has 0 saturated carbocycles. The van der Waals surface area contributed by atoms with Gasteiger partial charge in [0.25, 0.3) is 0 Å². The summed E-state index contributed by atoms with van der Waals surface area (Å²) in [6.45, 7) is 6.36. The number of rotatable bonds is 49. The Morgan fingerprint density at radius 2 is 0.657 bits per heavy atom. The molecule has 0 amide bonds. The summed E-state index contributed by atoms with van der Waals surface area (Å²) in [5.74, 6) is -1.07. The van der Waals surface area contributed by atoms with Gasteiger partial charge in [-0.25, -0.2) is 0 Å². The summed E-state index contributed by atoms with van der Waals surface area (Å²) in [6.07, 6.45) is 72.8. The van der Waals surface area contributed by atoms with Gasteiger partial charge >= 0.3 is 17.9 Å². The van der Waals surface area contributed by atoms with E-state index in [0.29, 0.717) is 12.8 Å². The fourth-order valence-electron chi connectivity index (χ4n) is 7.43. The molecule has 0 aromatic carbocycles. The lowest BCUT2D eigenvalue weighted by atomic mass is 10.1. The Kier molecular flexibility index (Phi) is 51.9. The molecule has 0 fully saturated rings. The Labute approximate surface area is 413 Å². The van der Waals surface area contributed by atoms with Crippen molar-refractivity contribution in [2.75, 3.05) is 13.2 Å². The van der Waals surface area contributed by atoms with Gasteiger partial charge in [0.2, 0.25) is 0 Å². The Balaban J connectivity index is 4.45. The summed E-state index contributed by atoms with van der Waals surface area (Å²) in [6, 6.07) is 0. The molecule has 382 valence electrons. The highest BCUT2D eigenvalue weighted by molar-refractivity contribution is 5.72. The van der Waals surface area contributed by atoms with E-state index in [-0.39, 0.29) is 31.6 Å². The van der Waals surface area contributed by atoms with Crippen LogP contribution in [0.15, 0.2) is 97.2 Å². The third-order valence-corrected chi connectivity index (χ3v) is 11.6. The average Bonchev–Trinajstić information content (AvgIpc) is 3.33. The molecule has 0 aliphatic heterocycles. The molecule has 0 radical (unpaired) electrons. The number of unbranched alkanes of at least 4 members (excludes halogenated alkanes) is 23. The number of allylic oxidation sites excluding steroid dienone is 15. The Bertz CT molecular complexity index is 1350. The zero-order valence-electron chi connectivity index (χ0n) is 43.6.